The third-order valence-electron chi connectivity index (χ3n) is 2.60. The largest absolute Gasteiger partial charge is 0.477 e. The van der Waals surface area contributed by atoms with Crippen molar-refractivity contribution < 1.29 is 19.4 Å². The fourth-order valence-electron chi connectivity index (χ4n) is 1.61. The van der Waals surface area contributed by atoms with Crippen LogP contribution in [-0.2, 0) is 4.74 Å². The first-order chi connectivity index (χ1) is 8.95. The Morgan fingerprint density at radius 1 is 1.53 bits per heavy atom. The fraction of sp³-hybridized carbons (Fsp3) is 0.500. The number of ether oxygens (including phenoxy) is 1. The zero-order valence-electron chi connectivity index (χ0n) is 11.3. The summed E-state index contributed by atoms with van der Waals surface area (Å²) in [7, 11) is 3.24. The molecule has 0 bridgehead atoms. The number of urea groups is 1. The maximum atomic E-state index is 11.9. The van der Waals surface area contributed by atoms with E-state index in [1.165, 1.54) is 4.90 Å². The van der Waals surface area contributed by atoms with Crippen molar-refractivity contribution in [3.05, 3.63) is 17.5 Å². The molecule has 3 N–H and O–H groups in total. The molecule has 7 nitrogen and oxygen atoms in total. The van der Waals surface area contributed by atoms with Crippen LogP contribution in [0, 0.1) is 6.92 Å². The Hall–Kier alpha value is -2.02. The first-order valence-corrected chi connectivity index (χ1v) is 5.89. The maximum Gasteiger partial charge on any atom is 0.354 e. The number of H-pyrrole nitrogens is 1. The zero-order valence-corrected chi connectivity index (χ0v) is 11.3. The minimum Gasteiger partial charge on any atom is -0.477 e. The van der Waals surface area contributed by atoms with Crippen molar-refractivity contribution >= 4 is 17.7 Å². The molecule has 1 aromatic rings. The maximum absolute atomic E-state index is 11.9. The predicted octanol–water partition coefficient (Wildman–Crippen LogP) is 1.52. The van der Waals surface area contributed by atoms with E-state index < -0.39 is 5.97 Å². The van der Waals surface area contributed by atoms with Gasteiger partial charge in [-0.1, -0.05) is 0 Å². The number of aryl methyl sites for hydroxylation is 1. The monoisotopic (exact) mass is 269 g/mol. The molecule has 7 heteroatoms. The number of nitrogens with zero attached hydrogens (tertiary/aromatic N) is 1. The second-order valence-electron chi connectivity index (χ2n) is 4.24. The number of anilines is 1. The predicted molar refractivity (Wildman–Crippen MR) is 70.6 cm³/mol. The lowest BCUT2D eigenvalue weighted by atomic mass is 10.3. The summed E-state index contributed by atoms with van der Waals surface area (Å²) in [5.41, 5.74) is 0.930. The Morgan fingerprint density at radius 2 is 2.21 bits per heavy atom. The Labute approximate surface area is 111 Å². The normalized spacial score (nSPS) is 10.3. The van der Waals surface area contributed by atoms with E-state index in [0.29, 0.717) is 18.8 Å². The van der Waals surface area contributed by atoms with Crippen molar-refractivity contribution in [1.29, 1.82) is 0 Å². The molecule has 0 aliphatic carbocycles. The molecule has 0 spiro atoms. The number of hydrogen-bond donors (Lipinski definition) is 3. The molecule has 0 fully saturated rings. The van der Waals surface area contributed by atoms with Crippen LogP contribution in [0.5, 0.6) is 0 Å². The summed E-state index contributed by atoms with van der Waals surface area (Å²) in [6.07, 6.45) is 0.721. The van der Waals surface area contributed by atoms with Crippen LogP contribution in [0.25, 0.3) is 0 Å². The van der Waals surface area contributed by atoms with Crippen LogP contribution in [-0.4, -0.2) is 54.3 Å². The average Bonchev–Trinajstić information content (AvgIpc) is 2.70. The zero-order chi connectivity index (χ0) is 14.4. The van der Waals surface area contributed by atoms with Gasteiger partial charge in [-0.3, -0.25) is 0 Å². The van der Waals surface area contributed by atoms with E-state index in [9.17, 15) is 9.59 Å². The lowest BCUT2D eigenvalue weighted by molar-refractivity contribution is 0.0692. The van der Waals surface area contributed by atoms with Crippen LogP contribution in [0.2, 0.25) is 0 Å². The minimum atomic E-state index is -1.11. The molecule has 0 aliphatic heterocycles. The SMILES string of the molecule is COCCCN(C)C(=O)Nc1cc(C)[nH]c1C(=O)O. The summed E-state index contributed by atoms with van der Waals surface area (Å²) in [5.74, 6) is -1.11. The van der Waals surface area contributed by atoms with Crippen LogP contribution >= 0.6 is 0 Å². The minimum absolute atomic E-state index is 0.0175. The summed E-state index contributed by atoms with van der Waals surface area (Å²) >= 11 is 0. The van der Waals surface area contributed by atoms with Crippen LogP contribution < -0.4 is 5.32 Å². The molecule has 0 radical (unpaired) electrons. The lowest BCUT2D eigenvalue weighted by Gasteiger charge is -2.17. The third kappa shape index (κ3) is 4.29. The van der Waals surface area contributed by atoms with Crippen LogP contribution in [0.1, 0.15) is 22.6 Å². The Morgan fingerprint density at radius 3 is 2.79 bits per heavy atom. The standard InChI is InChI=1S/C12H19N3O4/c1-8-7-9(10(13-8)11(16)17)14-12(18)15(2)5-4-6-19-3/h7,13H,4-6H2,1-3H3,(H,14,18)(H,16,17). The molecule has 19 heavy (non-hydrogen) atoms. The second kappa shape index (κ2) is 6.79. The number of carbonyl (C=O) groups excluding carboxylic acids is 1. The van der Waals surface area contributed by atoms with Gasteiger partial charge in [0.1, 0.15) is 5.69 Å². The number of nitrogens with one attached hydrogen (secondary N) is 2. The molecule has 0 saturated carbocycles. The number of amides is 2. The van der Waals surface area contributed by atoms with Crippen molar-refractivity contribution in [2.24, 2.45) is 0 Å². The highest BCUT2D eigenvalue weighted by atomic mass is 16.5. The van der Waals surface area contributed by atoms with Gasteiger partial charge in [0, 0.05) is 33.0 Å². The molecular formula is C12H19N3O4. The quantitative estimate of drug-likeness (QED) is 0.682. The number of aromatic nitrogens is 1. The first-order valence-electron chi connectivity index (χ1n) is 5.89. The molecular weight excluding hydrogens is 250 g/mol. The van der Waals surface area contributed by atoms with Gasteiger partial charge in [0.25, 0.3) is 0 Å². The van der Waals surface area contributed by atoms with Gasteiger partial charge in [-0.05, 0) is 19.4 Å². The van der Waals surface area contributed by atoms with Crippen molar-refractivity contribution in [2.45, 2.75) is 13.3 Å². The number of aromatic amines is 1. The highest BCUT2D eigenvalue weighted by Gasteiger charge is 2.16. The van der Waals surface area contributed by atoms with E-state index in [0.717, 1.165) is 6.42 Å². The van der Waals surface area contributed by atoms with Gasteiger partial charge in [0.05, 0.1) is 5.69 Å². The molecule has 0 aliphatic rings. The lowest BCUT2D eigenvalue weighted by Crippen LogP contribution is -2.32. The smallest absolute Gasteiger partial charge is 0.354 e. The van der Waals surface area contributed by atoms with E-state index >= 15 is 0 Å². The highest BCUT2D eigenvalue weighted by molar-refractivity contribution is 5.99. The number of carbonyl (C=O) groups is 2. The summed E-state index contributed by atoms with van der Waals surface area (Å²) in [6, 6.07) is 1.24. The van der Waals surface area contributed by atoms with Crippen molar-refractivity contribution in [2.75, 3.05) is 32.6 Å². The number of carboxylic acids is 1. The Kier molecular flexibility index (Phi) is 5.37. The Balaban J connectivity index is 2.63. The summed E-state index contributed by atoms with van der Waals surface area (Å²) in [6.45, 7) is 2.83. The van der Waals surface area contributed by atoms with Gasteiger partial charge < -0.3 is 25.0 Å². The molecule has 106 valence electrons. The van der Waals surface area contributed by atoms with Crippen LogP contribution in [0.15, 0.2) is 6.07 Å². The van der Waals surface area contributed by atoms with Gasteiger partial charge in [-0.2, -0.15) is 0 Å². The molecule has 0 aromatic carbocycles. The number of hydrogen-bond acceptors (Lipinski definition) is 3. The first kappa shape index (κ1) is 15.0. The molecule has 1 rings (SSSR count). The fourth-order valence-corrected chi connectivity index (χ4v) is 1.61. The van der Waals surface area contributed by atoms with E-state index in [2.05, 4.69) is 10.3 Å². The number of aromatic carboxylic acids is 1. The van der Waals surface area contributed by atoms with Gasteiger partial charge >= 0.3 is 12.0 Å². The number of methoxy groups -OCH3 is 1. The van der Waals surface area contributed by atoms with Crippen molar-refractivity contribution in [1.82, 2.24) is 9.88 Å². The molecule has 2 amide bonds. The molecule has 1 heterocycles. The van der Waals surface area contributed by atoms with Gasteiger partial charge in [0.2, 0.25) is 0 Å². The molecule has 0 atom stereocenters. The molecule has 1 aromatic heterocycles. The van der Waals surface area contributed by atoms with E-state index in [1.807, 2.05) is 0 Å². The summed E-state index contributed by atoms with van der Waals surface area (Å²) < 4.78 is 4.90. The highest BCUT2D eigenvalue weighted by Crippen LogP contribution is 2.17. The number of rotatable bonds is 6. The van der Waals surface area contributed by atoms with Crippen molar-refractivity contribution in [3.63, 3.8) is 0 Å². The van der Waals surface area contributed by atoms with Gasteiger partial charge in [-0.15, -0.1) is 0 Å². The topological polar surface area (TPSA) is 94.7 Å². The Bertz CT molecular complexity index is 456. The van der Waals surface area contributed by atoms with E-state index in [4.69, 9.17) is 9.84 Å². The van der Waals surface area contributed by atoms with Crippen LogP contribution in [0.4, 0.5) is 10.5 Å². The average molecular weight is 269 g/mol. The van der Waals surface area contributed by atoms with Gasteiger partial charge in [-0.25, -0.2) is 9.59 Å². The van der Waals surface area contributed by atoms with Gasteiger partial charge in [0.15, 0.2) is 0 Å². The van der Waals surface area contributed by atoms with Crippen LogP contribution in [0.3, 0.4) is 0 Å². The number of carboxylic acid groups (broad SMARTS) is 1. The summed E-state index contributed by atoms with van der Waals surface area (Å²) in [5, 5.41) is 11.6. The second-order valence-corrected chi connectivity index (χ2v) is 4.24. The van der Waals surface area contributed by atoms with E-state index in [-0.39, 0.29) is 17.4 Å². The molecule has 0 unspecified atom stereocenters. The van der Waals surface area contributed by atoms with E-state index in [1.54, 1.807) is 27.1 Å². The van der Waals surface area contributed by atoms with Crippen molar-refractivity contribution in [3.8, 4) is 0 Å². The molecule has 0 saturated heterocycles. The third-order valence-corrected chi connectivity index (χ3v) is 2.60. The summed E-state index contributed by atoms with van der Waals surface area (Å²) in [4.78, 5) is 27.0.